The fourth-order valence-electron chi connectivity index (χ4n) is 2.90. The molecule has 0 radical (unpaired) electrons. The van der Waals surface area contributed by atoms with Crippen LogP contribution in [0.3, 0.4) is 0 Å². The minimum Gasteiger partial charge on any atom is -0.452 e. The first-order valence-corrected chi connectivity index (χ1v) is 9.35. The van der Waals surface area contributed by atoms with Crippen LogP contribution in [0, 0.1) is 0 Å². The van der Waals surface area contributed by atoms with Gasteiger partial charge in [0.25, 0.3) is 0 Å². The van der Waals surface area contributed by atoms with Gasteiger partial charge in [-0.05, 0) is 35.9 Å². The van der Waals surface area contributed by atoms with E-state index in [1.165, 1.54) is 6.07 Å². The van der Waals surface area contributed by atoms with E-state index in [4.69, 9.17) is 37.4 Å². The van der Waals surface area contributed by atoms with Gasteiger partial charge in [0.05, 0.1) is 28.8 Å². The zero-order chi connectivity index (χ0) is 19.7. The number of carbonyl (C=O) groups excluding carboxylic acids is 2. The van der Waals surface area contributed by atoms with E-state index in [1.54, 1.807) is 41.3 Å². The molecule has 4 rings (SSSR count). The summed E-state index contributed by atoms with van der Waals surface area (Å²) in [5, 5.41) is 0.814. The number of allylic oxidation sites excluding steroid dienone is 1. The topological polar surface area (TPSA) is 65.1 Å². The first-order valence-electron chi connectivity index (χ1n) is 8.59. The van der Waals surface area contributed by atoms with E-state index in [9.17, 15) is 9.59 Å². The van der Waals surface area contributed by atoms with Crippen LogP contribution in [0.15, 0.2) is 42.2 Å². The van der Waals surface area contributed by atoms with E-state index in [0.29, 0.717) is 59.0 Å². The molecule has 1 fully saturated rings. The Kier molecular flexibility index (Phi) is 5.26. The van der Waals surface area contributed by atoms with Gasteiger partial charge in [0.1, 0.15) is 11.5 Å². The van der Waals surface area contributed by atoms with E-state index >= 15 is 0 Å². The molecule has 0 saturated carbocycles. The van der Waals surface area contributed by atoms with Crippen molar-refractivity contribution in [2.24, 2.45) is 0 Å². The minimum atomic E-state index is -0.459. The Balaban J connectivity index is 1.51. The standard InChI is InChI=1S/C20H15Cl2NO5/c21-15-4-1-12(9-16(15)22)10-18-19(24)14-3-2-13(11-17(14)28-18)27-20(25)23-5-7-26-8-6-23/h1-4,9-11H,5-8H2. The van der Waals surface area contributed by atoms with Crippen molar-refractivity contribution in [2.75, 3.05) is 26.3 Å². The quantitative estimate of drug-likeness (QED) is 0.673. The molecule has 0 atom stereocenters. The third kappa shape index (κ3) is 3.85. The third-order valence-electron chi connectivity index (χ3n) is 4.36. The van der Waals surface area contributed by atoms with Crippen molar-refractivity contribution in [1.82, 2.24) is 4.90 Å². The number of carbonyl (C=O) groups is 2. The lowest BCUT2D eigenvalue weighted by Crippen LogP contribution is -2.42. The second kappa shape index (κ2) is 7.83. The monoisotopic (exact) mass is 419 g/mol. The number of Topliss-reactive ketones (excluding diaryl/α,β-unsaturated/α-hetero) is 1. The lowest BCUT2D eigenvalue weighted by molar-refractivity contribution is 0.0416. The maximum Gasteiger partial charge on any atom is 0.415 e. The lowest BCUT2D eigenvalue weighted by Gasteiger charge is -2.25. The molecule has 2 aromatic rings. The van der Waals surface area contributed by atoms with Crippen LogP contribution in [0.2, 0.25) is 10.0 Å². The molecule has 0 spiro atoms. The van der Waals surface area contributed by atoms with Gasteiger partial charge >= 0.3 is 6.09 Å². The number of ketones is 1. The summed E-state index contributed by atoms with van der Waals surface area (Å²) in [5.41, 5.74) is 1.09. The van der Waals surface area contributed by atoms with Crippen LogP contribution in [0.4, 0.5) is 4.79 Å². The number of amides is 1. The molecular weight excluding hydrogens is 405 g/mol. The first-order chi connectivity index (χ1) is 13.5. The number of rotatable bonds is 2. The Labute approximate surface area is 171 Å². The number of hydrogen-bond acceptors (Lipinski definition) is 5. The SMILES string of the molecule is O=C1C(=Cc2ccc(Cl)c(Cl)c2)Oc2cc(OC(=O)N3CCOCC3)ccc21. The van der Waals surface area contributed by atoms with Gasteiger partial charge in [-0.25, -0.2) is 4.79 Å². The van der Waals surface area contributed by atoms with Crippen LogP contribution in [-0.2, 0) is 4.74 Å². The van der Waals surface area contributed by atoms with Crippen molar-refractivity contribution >= 4 is 41.2 Å². The largest absolute Gasteiger partial charge is 0.452 e. The van der Waals surface area contributed by atoms with Gasteiger partial charge in [-0.3, -0.25) is 4.79 Å². The molecule has 1 amide bonds. The normalized spacial score (nSPS) is 17.4. The van der Waals surface area contributed by atoms with Gasteiger partial charge in [-0.1, -0.05) is 29.3 Å². The Morgan fingerprint density at radius 3 is 2.61 bits per heavy atom. The lowest BCUT2D eigenvalue weighted by atomic mass is 10.1. The fraction of sp³-hybridized carbons (Fsp3) is 0.200. The molecule has 0 aliphatic carbocycles. The molecule has 0 N–H and O–H groups in total. The molecule has 2 aliphatic rings. The average molecular weight is 420 g/mol. The van der Waals surface area contributed by atoms with Crippen LogP contribution in [0.5, 0.6) is 11.5 Å². The molecule has 1 saturated heterocycles. The van der Waals surface area contributed by atoms with Gasteiger partial charge in [0.2, 0.25) is 5.78 Å². The predicted octanol–water partition coefficient (Wildman–Crippen LogP) is 4.44. The molecule has 0 bridgehead atoms. The summed E-state index contributed by atoms with van der Waals surface area (Å²) >= 11 is 11.9. The highest BCUT2D eigenvalue weighted by Crippen LogP contribution is 2.35. The van der Waals surface area contributed by atoms with Crippen LogP contribution >= 0.6 is 23.2 Å². The van der Waals surface area contributed by atoms with Gasteiger partial charge in [0, 0.05) is 19.2 Å². The molecule has 2 aromatic carbocycles. The Hall–Kier alpha value is -2.54. The van der Waals surface area contributed by atoms with Crippen molar-refractivity contribution in [3.8, 4) is 11.5 Å². The Morgan fingerprint density at radius 2 is 1.86 bits per heavy atom. The highest BCUT2D eigenvalue weighted by molar-refractivity contribution is 6.42. The number of ether oxygens (including phenoxy) is 3. The van der Waals surface area contributed by atoms with Crippen LogP contribution in [0.1, 0.15) is 15.9 Å². The molecule has 0 unspecified atom stereocenters. The molecule has 0 aromatic heterocycles. The Bertz CT molecular complexity index is 983. The number of morpholine rings is 1. The molecule has 2 aliphatic heterocycles. The highest BCUT2D eigenvalue weighted by atomic mass is 35.5. The maximum absolute atomic E-state index is 12.6. The summed E-state index contributed by atoms with van der Waals surface area (Å²) in [5.74, 6) is 0.541. The van der Waals surface area contributed by atoms with Gasteiger partial charge in [-0.2, -0.15) is 0 Å². The molecule has 8 heteroatoms. The second-order valence-corrected chi connectivity index (χ2v) is 7.05. The molecule has 144 valence electrons. The summed E-state index contributed by atoms with van der Waals surface area (Å²) in [6.45, 7) is 1.93. The smallest absolute Gasteiger partial charge is 0.415 e. The third-order valence-corrected chi connectivity index (χ3v) is 5.10. The molecule has 28 heavy (non-hydrogen) atoms. The summed E-state index contributed by atoms with van der Waals surface area (Å²) in [6.07, 6.45) is 1.13. The predicted molar refractivity (Wildman–Crippen MR) is 104 cm³/mol. The maximum atomic E-state index is 12.6. The van der Waals surface area contributed by atoms with Crippen LogP contribution in [-0.4, -0.2) is 43.1 Å². The Morgan fingerprint density at radius 1 is 1.07 bits per heavy atom. The zero-order valence-corrected chi connectivity index (χ0v) is 16.1. The summed E-state index contributed by atoms with van der Waals surface area (Å²) < 4.78 is 16.3. The highest BCUT2D eigenvalue weighted by Gasteiger charge is 2.28. The second-order valence-electron chi connectivity index (χ2n) is 6.24. The van der Waals surface area contributed by atoms with Crippen molar-refractivity contribution in [2.45, 2.75) is 0 Å². The van der Waals surface area contributed by atoms with Crippen molar-refractivity contribution in [3.05, 3.63) is 63.3 Å². The van der Waals surface area contributed by atoms with Crippen molar-refractivity contribution < 1.29 is 23.8 Å². The van der Waals surface area contributed by atoms with Gasteiger partial charge in [0.15, 0.2) is 5.76 Å². The fourth-order valence-corrected chi connectivity index (χ4v) is 3.20. The summed E-state index contributed by atoms with van der Waals surface area (Å²) in [7, 11) is 0. The number of halogens is 2. The average Bonchev–Trinajstić information content (AvgIpc) is 3.00. The first kappa shape index (κ1) is 18.8. The summed E-state index contributed by atoms with van der Waals surface area (Å²) in [6, 6.07) is 9.70. The van der Waals surface area contributed by atoms with Gasteiger partial charge < -0.3 is 19.1 Å². The van der Waals surface area contributed by atoms with Crippen LogP contribution < -0.4 is 9.47 Å². The van der Waals surface area contributed by atoms with Gasteiger partial charge in [-0.15, -0.1) is 0 Å². The van der Waals surface area contributed by atoms with E-state index in [1.807, 2.05) is 0 Å². The van der Waals surface area contributed by atoms with E-state index in [2.05, 4.69) is 0 Å². The van der Waals surface area contributed by atoms with E-state index in [0.717, 1.165) is 0 Å². The van der Waals surface area contributed by atoms with E-state index in [-0.39, 0.29) is 11.5 Å². The van der Waals surface area contributed by atoms with Crippen LogP contribution in [0.25, 0.3) is 6.08 Å². The van der Waals surface area contributed by atoms with Crippen molar-refractivity contribution in [1.29, 1.82) is 0 Å². The minimum absolute atomic E-state index is 0.157. The molecule has 6 nitrogen and oxygen atoms in total. The number of nitrogens with zero attached hydrogens (tertiary/aromatic N) is 1. The van der Waals surface area contributed by atoms with E-state index < -0.39 is 6.09 Å². The zero-order valence-electron chi connectivity index (χ0n) is 14.6. The van der Waals surface area contributed by atoms with Crippen molar-refractivity contribution in [3.63, 3.8) is 0 Å². The number of hydrogen-bond donors (Lipinski definition) is 0. The summed E-state index contributed by atoms with van der Waals surface area (Å²) in [4.78, 5) is 26.3. The molecular formula is C20H15Cl2NO5. The number of benzene rings is 2. The molecule has 2 heterocycles. The number of fused-ring (bicyclic) bond motifs is 1.